The van der Waals surface area contributed by atoms with Crippen LogP contribution < -0.4 is 0 Å². The molecule has 12 heavy (non-hydrogen) atoms. The van der Waals surface area contributed by atoms with E-state index in [2.05, 4.69) is 0 Å². The van der Waals surface area contributed by atoms with Crippen LogP contribution in [-0.4, -0.2) is 18.7 Å². The van der Waals surface area contributed by atoms with Crippen molar-refractivity contribution in [2.75, 3.05) is 6.61 Å². The molecule has 1 unspecified atom stereocenters. The Bertz CT molecular complexity index is 124. The minimum Gasteiger partial charge on any atom is -0.466 e. The summed E-state index contributed by atoms with van der Waals surface area (Å²) < 4.78 is 17.0. The number of unbranched alkanes of at least 4 members (excludes halogenated alkanes) is 2. The van der Waals surface area contributed by atoms with Crippen molar-refractivity contribution >= 4 is 5.97 Å². The van der Waals surface area contributed by atoms with Gasteiger partial charge >= 0.3 is 5.97 Å². The molecule has 0 heterocycles. The zero-order valence-electron chi connectivity index (χ0n) is 7.81. The van der Waals surface area contributed by atoms with Gasteiger partial charge in [-0.1, -0.05) is 6.42 Å². The van der Waals surface area contributed by atoms with E-state index in [1.54, 1.807) is 6.92 Å². The van der Waals surface area contributed by atoms with Gasteiger partial charge in [0, 0.05) is 6.92 Å². The van der Waals surface area contributed by atoms with Gasteiger partial charge in [-0.05, 0) is 26.2 Å². The molecule has 0 aromatic heterocycles. The lowest BCUT2D eigenvalue weighted by molar-refractivity contribution is -0.141. The van der Waals surface area contributed by atoms with Gasteiger partial charge < -0.3 is 4.74 Å². The van der Waals surface area contributed by atoms with Crippen LogP contribution in [0.4, 0.5) is 4.39 Å². The van der Waals surface area contributed by atoms with E-state index in [1.807, 2.05) is 0 Å². The third-order valence-electron chi connectivity index (χ3n) is 1.55. The fourth-order valence-corrected chi connectivity index (χ4v) is 0.920. The van der Waals surface area contributed by atoms with E-state index in [0.717, 1.165) is 19.3 Å². The average molecular weight is 176 g/mol. The lowest BCUT2D eigenvalue weighted by Gasteiger charge is -2.02. The first-order valence-electron chi connectivity index (χ1n) is 4.40. The molecule has 0 bridgehead atoms. The van der Waals surface area contributed by atoms with E-state index in [0.29, 0.717) is 13.0 Å². The summed E-state index contributed by atoms with van der Waals surface area (Å²) in [7, 11) is 0. The average Bonchev–Trinajstić information content (AvgIpc) is 1.95. The van der Waals surface area contributed by atoms with E-state index in [9.17, 15) is 9.18 Å². The topological polar surface area (TPSA) is 26.3 Å². The number of hydrogen-bond donors (Lipinski definition) is 0. The van der Waals surface area contributed by atoms with Gasteiger partial charge in [0.1, 0.15) is 0 Å². The highest BCUT2D eigenvalue weighted by Crippen LogP contribution is 2.05. The standard InChI is InChI=1S/C9H17FO2/c1-8(10)6-4-3-5-7-12-9(2)11/h8H,3-7H2,1-2H3. The summed E-state index contributed by atoms with van der Waals surface area (Å²) in [6, 6.07) is 0. The first kappa shape index (κ1) is 11.4. The largest absolute Gasteiger partial charge is 0.466 e. The molecule has 0 aromatic carbocycles. The van der Waals surface area contributed by atoms with Gasteiger partial charge in [-0.3, -0.25) is 4.79 Å². The Morgan fingerprint density at radius 3 is 2.58 bits per heavy atom. The smallest absolute Gasteiger partial charge is 0.302 e. The fourth-order valence-electron chi connectivity index (χ4n) is 0.920. The first-order valence-corrected chi connectivity index (χ1v) is 4.40. The number of carbonyl (C=O) groups excluding carboxylic acids is 1. The molecule has 0 aromatic rings. The predicted octanol–water partition coefficient (Wildman–Crippen LogP) is 2.47. The molecule has 0 aliphatic heterocycles. The highest BCUT2D eigenvalue weighted by Gasteiger charge is 1.97. The van der Waals surface area contributed by atoms with Gasteiger partial charge in [0.05, 0.1) is 12.8 Å². The number of alkyl halides is 1. The maximum Gasteiger partial charge on any atom is 0.302 e. The van der Waals surface area contributed by atoms with E-state index in [-0.39, 0.29) is 5.97 Å². The van der Waals surface area contributed by atoms with Crippen molar-refractivity contribution in [2.45, 2.75) is 45.7 Å². The van der Waals surface area contributed by atoms with E-state index < -0.39 is 6.17 Å². The van der Waals surface area contributed by atoms with Gasteiger partial charge in [-0.2, -0.15) is 0 Å². The zero-order valence-corrected chi connectivity index (χ0v) is 7.81. The summed E-state index contributed by atoms with van der Waals surface area (Å²) in [5.41, 5.74) is 0. The van der Waals surface area contributed by atoms with E-state index >= 15 is 0 Å². The number of halogens is 1. The molecular formula is C9H17FO2. The first-order chi connectivity index (χ1) is 5.63. The second-order valence-corrected chi connectivity index (χ2v) is 2.97. The molecule has 0 saturated heterocycles. The number of rotatable bonds is 6. The molecule has 0 N–H and O–H groups in total. The Morgan fingerprint density at radius 1 is 1.42 bits per heavy atom. The molecule has 0 aliphatic rings. The lowest BCUT2D eigenvalue weighted by Crippen LogP contribution is -2.00. The zero-order chi connectivity index (χ0) is 9.40. The van der Waals surface area contributed by atoms with Gasteiger partial charge in [0.15, 0.2) is 0 Å². The molecule has 0 spiro atoms. The van der Waals surface area contributed by atoms with Crippen LogP contribution in [0, 0.1) is 0 Å². The fraction of sp³-hybridized carbons (Fsp3) is 0.889. The molecule has 1 atom stereocenters. The van der Waals surface area contributed by atoms with Crippen LogP contribution in [-0.2, 0) is 9.53 Å². The molecule has 0 radical (unpaired) electrons. The Hall–Kier alpha value is -0.600. The summed E-state index contributed by atoms with van der Waals surface area (Å²) in [4.78, 5) is 10.3. The van der Waals surface area contributed by atoms with Crippen molar-refractivity contribution in [2.24, 2.45) is 0 Å². The molecule has 0 aliphatic carbocycles. The molecule has 0 rings (SSSR count). The molecule has 72 valence electrons. The highest BCUT2D eigenvalue weighted by atomic mass is 19.1. The Labute approximate surface area is 73.1 Å². The Kier molecular flexibility index (Phi) is 6.72. The van der Waals surface area contributed by atoms with Gasteiger partial charge in [0.2, 0.25) is 0 Å². The summed E-state index contributed by atoms with van der Waals surface area (Å²) in [5.74, 6) is -0.242. The molecule has 0 amide bonds. The minimum atomic E-state index is -0.710. The van der Waals surface area contributed by atoms with Gasteiger partial charge in [-0.25, -0.2) is 4.39 Å². The normalized spacial score (nSPS) is 12.6. The van der Waals surface area contributed by atoms with Gasteiger partial charge in [0.25, 0.3) is 0 Å². The second kappa shape index (κ2) is 7.07. The molecular weight excluding hydrogens is 159 g/mol. The Balaban J connectivity index is 2.96. The van der Waals surface area contributed by atoms with Gasteiger partial charge in [-0.15, -0.1) is 0 Å². The summed E-state index contributed by atoms with van der Waals surface area (Å²) in [5, 5.41) is 0. The maximum atomic E-state index is 12.3. The lowest BCUT2D eigenvalue weighted by atomic mass is 10.1. The third-order valence-corrected chi connectivity index (χ3v) is 1.55. The van der Waals surface area contributed by atoms with Crippen LogP contribution in [0.25, 0.3) is 0 Å². The summed E-state index contributed by atoms with van der Waals surface area (Å²) in [6.45, 7) is 3.42. The molecule has 0 fully saturated rings. The van der Waals surface area contributed by atoms with Crippen molar-refractivity contribution in [3.63, 3.8) is 0 Å². The third kappa shape index (κ3) is 9.40. The maximum absolute atomic E-state index is 12.3. The van der Waals surface area contributed by atoms with Crippen molar-refractivity contribution in [3.05, 3.63) is 0 Å². The van der Waals surface area contributed by atoms with Crippen molar-refractivity contribution in [1.29, 1.82) is 0 Å². The molecule has 2 nitrogen and oxygen atoms in total. The molecule has 0 saturated carbocycles. The van der Waals surface area contributed by atoms with Crippen molar-refractivity contribution in [3.8, 4) is 0 Å². The van der Waals surface area contributed by atoms with E-state index in [4.69, 9.17) is 4.74 Å². The SMILES string of the molecule is CC(=O)OCCCCCC(C)F. The predicted molar refractivity (Wildman–Crippen MR) is 45.7 cm³/mol. The van der Waals surface area contributed by atoms with E-state index in [1.165, 1.54) is 6.92 Å². The molecule has 3 heteroatoms. The number of esters is 1. The second-order valence-electron chi connectivity index (χ2n) is 2.97. The highest BCUT2D eigenvalue weighted by molar-refractivity contribution is 5.65. The van der Waals surface area contributed by atoms with Crippen LogP contribution in [0.5, 0.6) is 0 Å². The monoisotopic (exact) mass is 176 g/mol. The van der Waals surface area contributed by atoms with Crippen LogP contribution >= 0.6 is 0 Å². The van der Waals surface area contributed by atoms with Crippen LogP contribution in [0.3, 0.4) is 0 Å². The number of hydrogen-bond acceptors (Lipinski definition) is 2. The number of carbonyl (C=O) groups is 1. The summed E-state index contributed by atoms with van der Waals surface area (Å²) >= 11 is 0. The van der Waals surface area contributed by atoms with Crippen molar-refractivity contribution in [1.82, 2.24) is 0 Å². The summed E-state index contributed by atoms with van der Waals surface area (Å²) in [6.07, 6.45) is 2.55. The van der Waals surface area contributed by atoms with Crippen LogP contribution in [0.2, 0.25) is 0 Å². The van der Waals surface area contributed by atoms with Crippen LogP contribution in [0.1, 0.15) is 39.5 Å². The van der Waals surface area contributed by atoms with Crippen molar-refractivity contribution < 1.29 is 13.9 Å². The Morgan fingerprint density at radius 2 is 2.08 bits per heavy atom. The minimum absolute atomic E-state index is 0.242. The number of ether oxygens (including phenoxy) is 1. The van der Waals surface area contributed by atoms with Crippen LogP contribution in [0.15, 0.2) is 0 Å². The quantitative estimate of drug-likeness (QED) is 0.459.